The van der Waals surface area contributed by atoms with Gasteiger partial charge in [0.25, 0.3) is 0 Å². The van der Waals surface area contributed by atoms with Crippen LogP contribution in [-0.4, -0.2) is 41.1 Å². The van der Waals surface area contributed by atoms with Crippen LogP contribution in [0, 0.1) is 0 Å². The Bertz CT molecular complexity index is 751. The Labute approximate surface area is 145 Å². The summed E-state index contributed by atoms with van der Waals surface area (Å²) in [5, 5.41) is 16.3. The van der Waals surface area contributed by atoms with Crippen LogP contribution in [0.15, 0.2) is 40.9 Å². The lowest BCUT2D eigenvalue weighted by molar-refractivity contribution is -0.129. The molecule has 0 aliphatic rings. The van der Waals surface area contributed by atoms with E-state index in [-0.39, 0.29) is 24.0 Å². The van der Waals surface area contributed by atoms with Gasteiger partial charge in [0.05, 0.1) is 0 Å². The standard InChI is InChI=1S/C15H14FN3O5S/c16-6-7-24-19-12(13(20)21)11-9-25-14(17-11)18-15(22)23-8-10-4-2-1-3-5-10/h1-5,9H,6-8H2,(H,20,21)(H,17,18,22). The molecule has 2 aromatic rings. The number of aliphatic carboxylic acids is 1. The number of hydrogen-bond acceptors (Lipinski definition) is 7. The van der Waals surface area contributed by atoms with Gasteiger partial charge in [-0.3, -0.25) is 5.32 Å². The third-order valence-electron chi connectivity index (χ3n) is 2.70. The van der Waals surface area contributed by atoms with Crippen molar-refractivity contribution >= 4 is 34.2 Å². The first kappa shape index (κ1) is 18.3. The van der Waals surface area contributed by atoms with Gasteiger partial charge in [0.1, 0.15) is 25.6 Å². The van der Waals surface area contributed by atoms with Crippen molar-refractivity contribution in [1.29, 1.82) is 0 Å². The number of nitrogens with zero attached hydrogens (tertiary/aromatic N) is 2. The third-order valence-corrected chi connectivity index (χ3v) is 3.45. The Hall–Kier alpha value is -3.01. The molecule has 0 saturated heterocycles. The van der Waals surface area contributed by atoms with Gasteiger partial charge in [-0.2, -0.15) is 0 Å². The second-order valence-corrected chi connectivity index (χ2v) is 5.35. The van der Waals surface area contributed by atoms with E-state index < -0.39 is 24.4 Å². The highest BCUT2D eigenvalue weighted by Gasteiger charge is 2.18. The number of rotatable bonds is 8. The average molecular weight is 367 g/mol. The van der Waals surface area contributed by atoms with Crippen LogP contribution in [0.25, 0.3) is 0 Å². The topological polar surface area (TPSA) is 110 Å². The van der Waals surface area contributed by atoms with Crippen LogP contribution in [0.5, 0.6) is 0 Å². The lowest BCUT2D eigenvalue weighted by Crippen LogP contribution is -2.17. The normalized spacial score (nSPS) is 11.0. The van der Waals surface area contributed by atoms with Crippen LogP contribution in [0.1, 0.15) is 11.3 Å². The summed E-state index contributed by atoms with van der Waals surface area (Å²) in [4.78, 5) is 31.3. The van der Waals surface area contributed by atoms with Gasteiger partial charge in [-0.05, 0) is 5.56 Å². The van der Waals surface area contributed by atoms with E-state index >= 15 is 0 Å². The second kappa shape index (κ2) is 9.33. The third kappa shape index (κ3) is 5.84. The first-order valence-electron chi connectivity index (χ1n) is 7.03. The number of halogens is 1. The Morgan fingerprint density at radius 2 is 2.08 bits per heavy atom. The molecule has 0 unspecified atom stereocenters. The lowest BCUT2D eigenvalue weighted by Gasteiger charge is -2.04. The molecule has 0 spiro atoms. The van der Waals surface area contributed by atoms with Gasteiger partial charge in [0.2, 0.25) is 5.71 Å². The molecule has 132 valence electrons. The summed E-state index contributed by atoms with van der Waals surface area (Å²) in [6.45, 7) is -1.07. The van der Waals surface area contributed by atoms with Crippen LogP contribution in [0.2, 0.25) is 0 Å². The van der Waals surface area contributed by atoms with E-state index in [0.29, 0.717) is 0 Å². The van der Waals surface area contributed by atoms with Gasteiger partial charge in [0, 0.05) is 5.38 Å². The largest absolute Gasteiger partial charge is 0.476 e. The number of carboxylic acids is 1. The number of carbonyl (C=O) groups excluding carboxylic acids is 1. The van der Waals surface area contributed by atoms with Crippen LogP contribution < -0.4 is 5.32 Å². The van der Waals surface area contributed by atoms with E-state index in [1.54, 1.807) is 0 Å². The molecule has 8 nitrogen and oxygen atoms in total. The summed E-state index contributed by atoms with van der Waals surface area (Å²) >= 11 is 0.988. The van der Waals surface area contributed by atoms with Crippen molar-refractivity contribution in [3.63, 3.8) is 0 Å². The predicted octanol–water partition coefficient (Wildman–Crippen LogP) is 2.67. The zero-order valence-electron chi connectivity index (χ0n) is 12.8. The van der Waals surface area contributed by atoms with Crippen LogP contribution in [0.4, 0.5) is 14.3 Å². The van der Waals surface area contributed by atoms with Crippen molar-refractivity contribution in [3.05, 3.63) is 47.0 Å². The molecule has 1 amide bonds. The number of anilines is 1. The first-order chi connectivity index (χ1) is 12.1. The van der Waals surface area contributed by atoms with Gasteiger partial charge >= 0.3 is 12.1 Å². The summed E-state index contributed by atoms with van der Waals surface area (Å²) in [5.41, 5.74) is 0.313. The van der Waals surface area contributed by atoms with Crippen molar-refractivity contribution in [2.45, 2.75) is 6.61 Å². The molecule has 0 aliphatic carbocycles. The molecule has 0 aliphatic heterocycles. The highest BCUT2D eigenvalue weighted by molar-refractivity contribution is 7.14. The number of amides is 1. The van der Waals surface area contributed by atoms with Crippen molar-refractivity contribution in [1.82, 2.24) is 4.98 Å². The maximum Gasteiger partial charge on any atom is 0.413 e. The number of thiazole rings is 1. The van der Waals surface area contributed by atoms with Gasteiger partial charge in [-0.15, -0.1) is 11.3 Å². The number of hydrogen-bond donors (Lipinski definition) is 2. The predicted molar refractivity (Wildman–Crippen MR) is 88.5 cm³/mol. The van der Waals surface area contributed by atoms with Crippen molar-refractivity contribution in [3.8, 4) is 0 Å². The number of oxime groups is 1. The summed E-state index contributed by atoms with van der Waals surface area (Å²) in [7, 11) is 0. The highest BCUT2D eigenvalue weighted by atomic mass is 32.1. The fourth-order valence-electron chi connectivity index (χ4n) is 1.63. The van der Waals surface area contributed by atoms with Crippen molar-refractivity contribution < 1.29 is 28.7 Å². The van der Waals surface area contributed by atoms with E-state index in [4.69, 9.17) is 9.84 Å². The molecule has 0 radical (unpaired) electrons. The van der Waals surface area contributed by atoms with Gasteiger partial charge in [-0.25, -0.2) is 19.0 Å². The monoisotopic (exact) mass is 367 g/mol. The molecule has 2 N–H and O–H groups in total. The van der Waals surface area contributed by atoms with E-state index in [9.17, 15) is 14.0 Å². The minimum Gasteiger partial charge on any atom is -0.476 e. The number of ether oxygens (including phenoxy) is 1. The molecule has 10 heteroatoms. The van der Waals surface area contributed by atoms with Crippen LogP contribution in [0.3, 0.4) is 0 Å². The maximum atomic E-state index is 12.0. The Kier molecular flexibility index (Phi) is 6.84. The fourth-order valence-corrected chi connectivity index (χ4v) is 2.31. The number of carboxylic acid groups (broad SMARTS) is 1. The minimum absolute atomic E-state index is 0.0188. The molecule has 2 rings (SSSR count). The number of carbonyl (C=O) groups is 2. The average Bonchev–Trinajstić information content (AvgIpc) is 3.05. The van der Waals surface area contributed by atoms with E-state index in [0.717, 1.165) is 16.9 Å². The molecule has 25 heavy (non-hydrogen) atoms. The lowest BCUT2D eigenvalue weighted by atomic mass is 10.2. The SMILES string of the molecule is O=C(Nc1nc(C(=NOCCF)C(=O)O)cs1)OCc1ccccc1. The zero-order valence-corrected chi connectivity index (χ0v) is 13.7. The maximum absolute atomic E-state index is 12.0. The Balaban J connectivity index is 1.94. The molecule has 0 bridgehead atoms. The Morgan fingerprint density at radius 3 is 2.76 bits per heavy atom. The second-order valence-electron chi connectivity index (χ2n) is 4.49. The number of nitrogens with one attached hydrogen (secondary N) is 1. The highest BCUT2D eigenvalue weighted by Crippen LogP contribution is 2.17. The molecule has 1 aromatic carbocycles. The molecule has 1 heterocycles. The van der Waals surface area contributed by atoms with E-state index in [1.165, 1.54) is 5.38 Å². The van der Waals surface area contributed by atoms with Crippen molar-refractivity contribution in [2.24, 2.45) is 5.16 Å². The fraction of sp³-hybridized carbons (Fsp3) is 0.200. The van der Waals surface area contributed by atoms with Gasteiger partial charge in [-0.1, -0.05) is 35.5 Å². The Morgan fingerprint density at radius 1 is 1.32 bits per heavy atom. The van der Waals surface area contributed by atoms with Crippen molar-refractivity contribution in [2.75, 3.05) is 18.6 Å². The number of alkyl halides is 1. The number of benzene rings is 1. The summed E-state index contributed by atoms with van der Waals surface area (Å²) in [6, 6.07) is 9.10. The van der Waals surface area contributed by atoms with E-state index in [2.05, 4.69) is 20.3 Å². The van der Waals surface area contributed by atoms with E-state index in [1.807, 2.05) is 30.3 Å². The summed E-state index contributed by atoms with van der Waals surface area (Å²) < 4.78 is 17.0. The number of aromatic nitrogens is 1. The summed E-state index contributed by atoms with van der Waals surface area (Å²) in [5.74, 6) is -1.39. The summed E-state index contributed by atoms with van der Waals surface area (Å²) in [6.07, 6.45) is -0.729. The van der Waals surface area contributed by atoms with Crippen LogP contribution >= 0.6 is 11.3 Å². The minimum atomic E-state index is -1.39. The molecular formula is C15H14FN3O5S. The van der Waals surface area contributed by atoms with Crippen LogP contribution in [-0.2, 0) is 21.0 Å². The molecule has 0 atom stereocenters. The van der Waals surface area contributed by atoms with Gasteiger partial charge in [0.15, 0.2) is 5.13 Å². The quantitative estimate of drug-likeness (QED) is 0.422. The molecular weight excluding hydrogens is 353 g/mol. The molecule has 0 saturated carbocycles. The first-order valence-corrected chi connectivity index (χ1v) is 7.91. The van der Waals surface area contributed by atoms with Gasteiger partial charge < -0.3 is 14.7 Å². The molecule has 1 aromatic heterocycles. The molecule has 0 fully saturated rings. The zero-order chi connectivity index (χ0) is 18.1. The smallest absolute Gasteiger partial charge is 0.413 e.